The van der Waals surface area contributed by atoms with E-state index in [1.165, 1.54) is 6.20 Å². The normalized spacial score (nSPS) is 15.3. The van der Waals surface area contributed by atoms with Gasteiger partial charge in [0.2, 0.25) is 0 Å². The van der Waals surface area contributed by atoms with Crippen molar-refractivity contribution in [3.63, 3.8) is 0 Å². The van der Waals surface area contributed by atoms with Crippen molar-refractivity contribution in [1.82, 2.24) is 4.98 Å². The van der Waals surface area contributed by atoms with Crippen LogP contribution >= 0.6 is 11.8 Å². The van der Waals surface area contributed by atoms with Crippen molar-refractivity contribution in [2.24, 2.45) is 0 Å². The summed E-state index contributed by atoms with van der Waals surface area (Å²) >= 11 is 0.948. The maximum atomic E-state index is 11.0. The lowest BCUT2D eigenvalue weighted by molar-refractivity contribution is -0.107. The number of carbonyl (C=O) groups excluding carboxylic acids is 2. The molecule has 1 aliphatic rings. The zero-order valence-electron chi connectivity index (χ0n) is 5.40. The summed E-state index contributed by atoms with van der Waals surface area (Å²) in [6, 6.07) is 3.42. The third-order valence-corrected chi connectivity index (χ3v) is 2.29. The largest absolute Gasteiger partial charge is 0.282 e. The van der Waals surface area contributed by atoms with Crippen LogP contribution in [0.1, 0.15) is 10.5 Å². The quantitative estimate of drug-likeness (QED) is 0.536. The lowest BCUT2D eigenvalue weighted by atomic mass is 10.3. The maximum Gasteiger partial charge on any atom is 0.266 e. The molecule has 0 N–H and O–H groups in total. The number of ketones is 1. The molecule has 11 heavy (non-hydrogen) atoms. The summed E-state index contributed by atoms with van der Waals surface area (Å²) in [5.41, 5.74) is 0.294. The van der Waals surface area contributed by atoms with Gasteiger partial charge in [-0.2, -0.15) is 0 Å². The monoisotopic (exact) mass is 165 g/mol. The first-order valence-corrected chi connectivity index (χ1v) is 3.82. The first-order chi connectivity index (χ1) is 5.29. The Balaban J connectivity index is 2.64. The summed E-state index contributed by atoms with van der Waals surface area (Å²) in [4.78, 5) is 26.2. The summed E-state index contributed by atoms with van der Waals surface area (Å²) in [7, 11) is 0. The molecular weight excluding hydrogens is 162 g/mol. The molecule has 4 heteroatoms. The molecule has 0 fully saturated rings. The van der Waals surface area contributed by atoms with Crippen molar-refractivity contribution in [3.05, 3.63) is 24.0 Å². The predicted molar refractivity (Wildman–Crippen MR) is 39.4 cm³/mol. The summed E-state index contributed by atoms with van der Waals surface area (Å²) in [6.45, 7) is 0. The molecule has 0 saturated heterocycles. The van der Waals surface area contributed by atoms with E-state index in [0.29, 0.717) is 10.6 Å². The Morgan fingerprint density at radius 1 is 1.36 bits per heavy atom. The highest BCUT2D eigenvalue weighted by Gasteiger charge is 2.30. The Hall–Kier alpha value is -1.16. The standard InChI is InChI=1S/C7H3NO2S/c9-6-5-4(11-7(6)10)2-1-3-8-5/h1-3H. The molecule has 1 aromatic heterocycles. The number of aromatic nitrogens is 1. The Morgan fingerprint density at radius 2 is 2.18 bits per heavy atom. The van der Waals surface area contributed by atoms with E-state index in [4.69, 9.17) is 0 Å². The summed E-state index contributed by atoms with van der Waals surface area (Å²) in [5.74, 6) is -0.481. The van der Waals surface area contributed by atoms with Crippen molar-refractivity contribution >= 4 is 22.7 Å². The van der Waals surface area contributed by atoms with E-state index in [2.05, 4.69) is 4.98 Å². The molecular formula is C7H3NO2S. The van der Waals surface area contributed by atoms with E-state index in [0.717, 1.165) is 11.8 Å². The SMILES string of the molecule is O=C1Sc2cccnc2C1=O. The van der Waals surface area contributed by atoms with Gasteiger partial charge in [0.25, 0.3) is 10.9 Å². The first-order valence-electron chi connectivity index (χ1n) is 3.00. The zero-order chi connectivity index (χ0) is 7.84. The molecule has 2 heterocycles. The number of rotatable bonds is 0. The second-order valence-electron chi connectivity index (χ2n) is 2.07. The molecule has 0 amide bonds. The van der Waals surface area contributed by atoms with Crippen LogP contribution in [0.3, 0.4) is 0 Å². The lowest BCUT2D eigenvalue weighted by Gasteiger charge is -1.88. The average Bonchev–Trinajstić information content (AvgIpc) is 2.30. The van der Waals surface area contributed by atoms with Gasteiger partial charge in [-0.1, -0.05) is 0 Å². The number of hydrogen-bond donors (Lipinski definition) is 0. The number of hydrogen-bond acceptors (Lipinski definition) is 4. The third-order valence-electron chi connectivity index (χ3n) is 1.37. The Bertz CT molecular complexity index is 348. The third kappa shape index (κ3) is 0.867. The number of Topliss-reactive ketones (excluding diaryl/α,β-unsaturated/α-hetero) is 1. The molecule has 2 rings (SSSR count). The van der Waals surface area contributed by atoms with E-state index in [-0.39, 0.29) is 0 Å². The van der Waals surface area contributed by atoms with E-state index >= 15 is 0 Å². The van der Waals surface area contributed by atoms with Gasteiger partial charge in [-0.05, 0) is 23.9 Å². The lowest BCUT2D eigenvalue weighted by Crippen LogP contribution is -2.03. The van der Waals surface area contributed by atoms with Crippen molar-refractivity contribution in [2.75, 3.05) is 0 Å². The van der Waals surface area contributed by atoms with Crippen molar-refractivity contribution < 1.29 is 9.59 Å². The van der Waals surface area contributed by atoms with E-state index in [1.54, 1.807) is 12.1 Å². The molecule has 1 aromatic rings. The van der Waals surface area contributed by atoms with Crippen LogP contribution in [0.2, 0.25) is 0 Å². The van der Waals surface area contributed by atoms with Gasteiger partial charge in [-0.3, -0.25) is 14.6 Å². The number of carbonyl (C=O) groups is 2. The van der Waals surface area contributed by atoms with Gasteiger partial charge < -0.3 is 0 Å². The van der Waals surface area contributed by atoms with E-state index in [9.17, 15) is 9.59 Å². The van der Waals surface area contributed by atoms with Crippen LogP contribution in [0.4, 0.5) is 0 Å². The summed E-state index contributed by atoms with van der Waals surface area (Å²) < 4.78 is 0. The molecule has 3 nitrogen and oxygen atoms in total. The molecule has 0 spiro atoms. The van der Waals surface area contributed by atoms with Crippen LogP contribution in [-0.4, -0.2) is 15.9 Å². The molecule has 54 valence electrons. The van der Waals surface area contributed by atoms with Gasteiger partial charge in [-0.15, -0.1) is 0 Å². The minimum absolute atomic E-state index is 0.294. The molecule has 1 aliphatic heterocycles. The molecule has 0 atom stereocenters. The molecule has 0 aliphatic carbocycles. The highest BCUT2D eigenvalue weighted by molar-refractivity contribution is 8.16. The van der Waals surface area contributed by atoms with Gasteiger partial charge in [0, 0.05) is 11.1 Å². The topological polar surface area (TPSA) is 47.0 Å². The van der Waals surface area contributed by atoms with Gasteiger partial charge in [0.1, 0.15) is 5.69 Å². The fourth-order valence-corrected chi connectivity index (χ4v) is 1.66. The minimum Gasteiger partial charge on any atom is -0.282 e. The van der Waals surface area contributed by atoms with Gasteiger partial charge in [0.05, 0.1) is 0 Å². The number of pyridine rings is 1. The molecule has 0 unspecified atom stereocenters. The molecule has 0 aromatic carbocycles. The van der Waals surface area contributed by atoms with E-state index in [1.807, 2.05) is 0 Å². The Morgan fingerprint density at radius 3 is 2.91 bits per heavy atom. The first kappa shape index (κ1) is 6.54. The highest BCUT2D eigenvalue weighted by Crippen LogP contribution is 2.30. The fraction of sp³-hybridized carbons (Fsp3) is 0. The van der Waals surface area contributed by atoms with Gasteiger partial charge in [-0.25, -0.2) is 0 Å². The van der Waals surface area contributed by atoms with Crippen LogP contribution in [0.25, 0.3) is 0 Å². The average molecular weight is 165 g/mol. The molecule has 0 saturated carbocycles. The smallest absolute Gasteiger partial charge is 0.266 e. The van der Waals surface area contributed by atoms with Gasteiger partial charge in [0.15, 0.2) is 0 Å². The predicted octanol–water partition coefficient (Wildman–Crippen LogP) is 0.897. The summed E-state index contributed by atoms with van der Waals surface area (Å²) in [6.07, 6.45) is 1.51. The van der Waals surface area contributed by atoms with Crippen molar-refractivity contribution in [1.29, 1.82) is 0 Å². The van der Waals surface area contributed by atoms with Crippen molar-refractivity contribution in [2.45, 2.75) is 4.90 Å². The number of fused-ring (bicyclic) bond motifs is 1. The molecule has 0 bridgehead atoms. The zero-order valence-corrected chi connectivity index (χ0v) is 6.22. The number of nitrogens with zero attached hydrogens (tertiary/aromatic N) is 1. The number of thioether (sulfide) groups is 1. The molecule has 0 radical (unpaired) electrons. The fourth-order valence-electron chi connectivity index (χ4n) is 0.886. The van der Waals surface area contributed by atoms with E-state index < -0.39 is 10.9 Å². The van der Waals surface area contributed by atoms with Crippen LogP contribution < -0.4 is 0 Å². The maximum absolute atomic E-state index is 11.0. The minimum atomic E-state index is -0.481. The Labute approximate surface area is 66.8 Å². The Kier molecular flexibility index (Phi) is 1.29. The van der Waals surface area contributed by atoms with Gasteiger partial charge >= 0.3 is 0 Å². The van der Waals surface area contributed by atoms with Crippen molar-refractivity contribution in [3.8, 4) is 0 Å². The van der Waals surface area contributed by atoms with Crippen LogP contribution in [0, 0.1) is 0 Å². The summed E-state index contributed by atoms with van der Waals surface area (Å²) in [5, 5.41) is -0.432. The second-order valence-corrected chi connectivity index (χ2v) is 3.08. The highest BCUT2D eigenvalue weighted by atomic mass is 32.2. The van der Waals surface area contributed by atoms with Crippen LogP contribution in [0.15, 0.2) is 23.2 Å². The second kappa shape index (κ2) is 2.17. The van der Waals surface area contributed by atoms with Crippen LogP contribution in [-0.2, 0) is 4.79 Å². The van der Waals surface area contributed by atoms with Crippen LogP contribution in [0.5, 0.6) is 0 Å².